The molecule has 0 unspecified atom stereocenters. The van der Waals surface area contributed by atoms with Gasteiger partial charge in [0, 0.05) is 10.9 Å². The molecule has 2 aromatic rings. The van der Waals surface area contributed by atoms with Crippen LogP contribution < -0.4 is 0 Å². The molecular weight excluding hydrogens is 242 g/mol. The van der Waals surface area contributed by atoms with Gasteiger partial charge in [0.15, 0.2) is 5.82 Å². The smallest absolute Gasteiger partial charge is 0.174 e. The van der Waals surface area contributed by atoms with Gasteiger partial charge in [0.1, 0.15) is 6.33 Å². The average Bonchev–Trinajstić information content (AvgIpc) is 2.92. The molecule has 0 saturated heterocycles. The second kappa shape index (κ2) is 4.84. The lowest BCUT2D eigenvalue weighted by atomic mass is 10.1. The van der Waals surface area contributed by atoms with Crippen molar-refractivity contribution in [3.63, 3.8) is 0 Å². The van der Waals surface area contributed by atoms with Crippen LogP contribution in [0.25, 0.3) is 10.7 Å². The molecule has 2 heterocycles. The largest absolute Gasteiger partial charge is 0.310 e. The van der Waals surface area contributed by atoms with Gasteiger partial charge in [-0.2, -0.15) is 0 Å². The van der Waals surface area contributed by atoms with Crippen molar-refractivity contribution in [3.05, 3.63) is 22.8 Å². The van der Waals surface area contributed by atoms with E-state index >= 15 is 0 Å². The molecule has 0 bridgehead atoms. The third-order valence-electron chi connectivity index (χ3n) is 3.60. The standard InChI is InChI=1S/C14H19N3S/c1-10(2)17-9-15-16-14(17)13-8-11-6-4-3-5-7-12(11)18-13/h8-10H,3-7H2,1-2H3. The highest BCUT2D eigenvalue weighted by molar-refractivity contribution is 7.15. The van der Waals surface area contributed by atoms with Gasteiger partial charge in [-0.3, -0.25) is 0 Å². The highest BCUT2D eigenvalue weighted by atomic mass is 32.1. The van der Waals surface area contributed by atoms with E-state index in [9.17, 15) is 0 Å². The molecule has 2 aromatic heterocycles. The average molecular weight is 261 g/mol. The van der Waals surface area contributed by atoms with Crippen LogP contribution in [0, 0.1) is 0 Å². The number of thiophene rings is 1. The normalized spacial score (nSPS) is 15.7. The maximum Gasteiger partial charge on any atom is 0.174 e. The van der Waals surface area contributed by atoms with E-state index in [4.69, 9.17) is 0 Å². The van der Waals surface area contributed by atoms with E-state index in [0.717, 1.165) is 5.82 Å². The van der Waals surface area contributed by atoms with Crippen molar-refractivity contribution < 1.29 is 0 Å². The topological polar surface area (TPSA) is 30.7 Å². The van der Waals surface area contributed by atoms with Crippen LogP contribution in [-0.4, -0.2) is 14.8 Å². The Bertz CT molecular complexity index is 515. The number of hydrogen-bond donors (Lipinski definition) is 0. The number of aromatic nitrogens is 3. The van der Waals surface area contributed by atoms with Gasteiger partial charge in [-0.15, -0.1) is 21.5 Å². The Kier molecular flexibility index (Phi) is 3.20. The van der Waals surface area contributed by atoms with Gasteiger partial charge in [-0.05, 0) is 51.2 Å². The third-order valence-corrected chi connectivity index (χ3v) is 4.83. The highest BCUT2D eigenvalue weighted by Crippen LogP contribution is 2.34. The minimum atomic E-state index is 0.414. The summed E-state index contributed by atoms with van der Waals surface area (Å²) < 4.78 is 2.16. The molecule has 0 amide bonds. The van der Waals surface area contributed by atoms with E-state index in [1.165, 1.54) is 37.0 Å². The Morgan fingerprint density at radius 3 is 2.89 bits per heavy atom. The quantitative estimate of drug-likeness (QED) is 0.769. The van der Waals surface area contributed by atoms with Crippen LogP contribution in [0.5, 0.6) is 0 Å². The van der Waals surface area contributed by atoms with E-state index in [1.807, 2.05) is 17.7 Å². The molecule has 3 nitrogen and oxygen atoms in total. The van der Waals surface area contributed by atoms with E-state index in [2.05, 4.69) is 34.7 Å². The highest BCUT2D eigenvalue weighted by Gasteiger charge is 2.17. The first-order valence-electron chi connectivity index (χ1n) is 6.77. The maximum absolute atomic E-state index is 4.30. The lowest BCUT2D eigenvalue weighted by molar-refractivity contribution is 0.604. The lowest BCUT2D eigenvalue weighted by Crippen LogP contribution is -2.00. The molecule has 0 atom stereocenters. The summed E-state index contributed by atoms with van der Waals surface area (Å²) in [5, 5.41) is 8.36. The zero-order valence-corrected chi connectivity index (χ0v) is 11.8. The second-order valence-electron chi connectivity index (χ2n) is 5.28. The predicted octanol–water partition coefficient (Wildman–Crippen LogP) is 3.86. The summed E-state index contributed by atoms with van der Waals surface area (Å²) in [6, 6.07) is 2.76. The number of nitrogens with zero attached hydrogens (tertiary/aromatic N) is 3. The first-order valence-corrected chi connectivity index (χ1v) is 7.59. The van der Waals surface area contributed by atoms with Crippen LogP contribution in [0.4, 0.5) is 0 Å². The molecule has 0 saturated carbocycles. The zero-order valence-electron chi connectivity index (χ0n) is 11.0. The fourth-order valence-corrected chi connectivity index (χ4v) is 3.82. The van der Waals surface area contributed by atoms with Gasteiger partial charge < -0.3 is 4.57 Å². The van der Waals surface area contributed by atoms with Crippen LogP contribution in [-0.2, 0) is 12.8 Å². The van der Waals surface area contributed by atoms with Crippen molar-refractivity contribution in [2.45, 2.75) is 52.0 Å². The molecule has 1 aliphatic rings. The van der Waals surface area contributed by atoms with Gasteiger partial charge in [-0.1, -0.05) is 6.42 Å². The van der Waals surface area contributed by atoms with Crippen LogP contribution >= 0.6 is 11.3 Å². The second-order valence-corrected chi connectivity index (χ2v) is 6.41. The van der Waals surface area contributed by atoms with Gasteiger partial charge in [0.05, 0.1) is 4.88 Å². The van der Waals surface area contributed by atoms with Crippen molar-refractivity contribution >= 4 is 11.3 Å². The summed E-state index contributed by atoms with van der Waals surface area (Å²) in [5.41, 5.74) is 1.55. The first kappa shape index (κ1) is 11.9. The maximum atomic E-state index is 4.30. The molecular formula is C14H19N3S. The molecule has 96 valence electrons. The lowest BCUT2D eigenvalue weighted by Gasteiger charge is -2.08. The van der Waals surface area contributed by atoms with Crippen molar-refractivity contribution in [1.82, 2.24) is 14.8 Å². The zero-order chi connectivity index (χ0) is 12.5. The molecule has 3 rings (SSSR count). The molecule has 18 heavy (non-hydrogen) atoms. The summed E-state index contributed by atoms with van der Waals surface area (Å²) in [4.78, 5) is 2.86. The molecule has 1 aliphatic carbocycles. The van der Waals surface area contributed by atoms with Crippen molar-refractivity contribution in [1.29, 1.82) is 0 Å². The fraction of sp³-hybridized carbons (Fsp3) is 0.571. The van der Waals surface area contributed by atoms with Crippen LogP contribution in [0.3, 0.4) is 0 Å². The minimum Gasteiger partial charge on any atom is -0.310 e. The summed E-state index contributed by atoms with van der Waals surface area (Å²) in [6.07, 6.45) is 8.37. The van der Waals surface area contributed by atoms with E-state index < -0.39 is 0 Å². The van der Waals surface area contributed by atoms with E-state index in [-0.39, 0.29) is 0 Å². The van der Waals surface area contributed by atoms with Gasteiger partial charge in [0.25, 0.3) is 0 Å². The number of aryl methyl sites for hydroxylation is 2. The monoisotopic (exact) mass is 261 g/mol. The summed E-state index contributed by atoms with van der Waals surface area (Å²) in [7, 11) is 0. The Morgan fingerprint density at radius 1 is 1.22 bits per heavy atom. The summed E-state index contributed by atoms with van der Waals surface area (Å²) >= 11 is 1.91. The van der Waals surface area contributed by atoms with Gasteiger partial charge in [0.2, 0.25) is 0 Å². The van der Waals surface area contributed by atoms with Crippen molar-refractivity contribution in [2.75, 3.05) is 0 Å². The molecule has 0 N–H and O–H groups in total. The van der Waals surface area contributed by atoms with Crippen LogP contribution in [0.15, 0.2) is 12.4 Å². The Labute approximate surface area is 112 Å². The van der Waals surface area contributed by atoms with Crippen molar-refractivity contribution in [2.24, 2.45) is 0 Å². The third kappa shape index (κ3) is 2.09. The molecule has 0 spiro atoms. The Morgan fingerprint density at radius 2 is 2.06 bits per heavy atom. The SMILES string of the molecule is CC(C)n1cnnc1-c1cc2c(s1)CCCCC2. The Hall–Kier alpha value is -1.16. The predicted molar refractivity (Wildman–Crippen MR) is 75.0 cm³/mol. The molecule has 0 fully saturated rings. The number of rotatable bonds is 2. The van der Waals surface area contributed by atoms with Crippen LogP contribution in [0.1, 0.15) is 49.6 Å². The molecule has 4 heteroatoms. The molecule has 0 radical (unpaired) electrons. The van der Waals surface area contributed by atoms with Crippen LogP contribution in [0.2, 0.25) is 0 Å². The number of fused-ring (bicyclic) bond motifs is 1. The van der Waals surface area contributed by atoms with Gasteiger partial charge in [-0.25, -0.2) is 0 Å². The Balaban J connectivity index is 1.99. The van der Waals surface area contributed by atoms with E-state index in [1.54, 1.807) is 10.4 Å². The molecule has 0 aromatic carbocycles. The first-order chi connectivity index (χ1) is 8.75. The van der Waals surface area contributed by atoms with Gasteiger partial charge >= 0.3 is 0 Å². The molecule has 0 aliphatic heterocycles. The fourth-order valence-electron chi connectivity index (χ4n) is 2.57. The summed E-state index contributed by atoms with van der Waals surface area (Å²) in [6.45, 7) is 4.34. The van der Waals surface area contributed by atoms with Crippen molar-refractivity contribution in [3.8, 4) is 10.7 Å². The van der Waals surface area contributed by atoms with E-state index in [0.29, 0.717) is 6.04 Å². The minimum absolute atomic E-state index is 0.414. The summed E-state index contributed by atoms with van der Waals surface area (Å²) in [5.74, 6) is 1.03. The number of hydrogen-bond acceptors (Lipinski definition) is 3.